The summed E-state index contributed by atoms with van der Waals surface area (Å²) in [5, 5.41) is 14.1. The molecule has 1 N–H and O–H groups in total. The number of piperidine rings is 1. The molecule has 1 fully saturated rings. The van der Waals surface area contributed by atoms with Crippen LogP contribution >= 0.6 is 11.6 Å². The van der Waals surface area contributed by atoms with E-state index in [0.29, 0.717) is 10.9 Å². The second-order valence-electron chi connectivity index (χ2n) is 3.91. The zero-order valence-corrected chi connectivity index (χ0v) is 9.85. The molecule has 0 radical (unpaired) electrons. The van der Waals surface area contributed by atoms with Crippen LogP contribution in [0.1, 0.15) is 24.3 Å². The highest BCUT2D eigenvalue weighted by atomic mass is 35.5. The first-order valence-corrected chi connectivity index (χ1v) is 5.75. The quantitative estimate of drug-likeness (QED) is 0.499. The molecule has 0 amide bonds. The van der Waals surface area contributed by atoms with Crippen molar-refractivity contribution in [2.24, 2.45) is 0 Å². The van der Waals surface area contributed by atoms with Gasteiger partial charge in [-0.3, -0.25) is 10.1 Å². The lowest BCUT2D eigenvalue weighted by atomic mass is 9.90. The molecule has 1 aromatic rings. The molecular weight excluding hydrogens is 242 g/mol. The monoisotopic (exact) mass is 253 g/mol. The molecule has 1 aliphatic rings. The number of allylic oxidation sites excluding steroid dienone is 1. The van der Waals surface area contributed by atoms with Crippen molar-refractivity contribution < 1.29 is 4.92 Å². The average molecular weight is 254 g/mol. The summed E-state index contributed by atoms with van der Waals surface area (Å²) in [6.07, 6.45) is 4.59. The van der Waals surface area contributed by atoms with Crippen LogP contribution < -0.4 is 5.32 Å². The molecule has 1 atom stereocenters. The Labute approximate surface area is 104 Å². The predicted octanol–water partition coefficient (Wildman–Crippen LogP) is 2.32. The standard InChI is InChI=1S/C11H12ClN3O2/c12-11-4-3-8(6-14-11)9-2-1-5-13-10(9)7-15(16)17/h3-4,6-7,9,13H,1-2,5H2. The van der Waals surface area contributed by atoms with Crippen molar-refractivity contribution >= 4 is 11.6 Å². The van der Waals surface area contributed by atoms with Crippen LogP contribution in [0.15, 0.2) is 30.2 Å². The second kappa shape index (κ2) is 5.14. The first-order valence-electron chi connectivity index (χ1n) is 5.37. The number of hydrogen-bond acceptors (Lipinski definition) is 4. The van der Waals surface area contributed by atoms with Gasteiger partial charge in [-0.15, -0.1) is 0 Å². The predicted molar refractivity (Wildman–Crippen MR) is 64.3 cm³/mol. The van der Waals surface area contributed by atoms with E-state index in [1.54, 1.807) is 12.3 Å². The maximum absolute atomic E-state index is 10.6. The number of aromatic nitrogens is 1. The Morgan fingerprint density at radius 3 is 3.06 bits per heavy atom. The lowest BCUT2D eigenvalue weighted by molar-refractivity contribution is -0.404. The van der Waals surface area contributed by atoms with Gasteiger partial charge in [-0.25, -0.2) is 4.98 Å². The average Bonchev–Trinajstić information content (AvgIpc) is 2.30. The van der Waals surface area contributed by atoms with Crippen LogP contribution in [0.5, 0.6) is 0 Å². The second-order valence-corrected chi connectivity index (χ2v) is 4.29. The van der Waals surface area contributed by atoms with Gasteiger partial charge in [0.2, 0.25) is 0 Å². The van der Waals surface area contributed by atoms with E-state index in [2.05, 4.69) is 10.3 Å². The number of nitrogens with zero attached hydrogens (tertiary/aromatic N) is 2. The fraction of sp³-hybridized carbons (Fsp3) is 0.364. The molecule has 17 heavy (non-hydrogen) atoms. The van der Waals surface area contributed by atoms with Gasteiger partial charge in [-0.2, -0.15) is 0 Å². The van der Waals surface area contributed by atoms with Crippen molar-refractivity contribution in [1.82, 2.24) is 10.3 Å². The minimum Gasteiger partial charge on any atom is -0.383 e. The number of nitrogens with one attached hydrogen (secondary N) is 1. The molecule has 0 aliphatic carbocycles. The molecule has 0 bridgehead atoms. The van der Waals surface area contributed by atoms with E-state index in [1.807, 2.05) is 6.07 Å². The van der Waals surface area contributed by atoms with Gasteiger partial charge in [-0.1, -0.05) is 17.7 Å². The van der Waals surface area contributed by atoms with Crippen molar-refractivity contribution in [3.05, 3.63) is 51.1 Å². The summed E-state index contributed by atoms with van der Waals surface area (Å²) in [4.78, 5) is 14.1. The zero-order chi connectivity index (χ0) is 12.3. The smallest absolute Gasteiger partial charge is 0.253 e. The van der Waals surface area contributed by atoms with Gasteiger partial charge in [-0.05, 0) is 24.5 Å². The Morgan fingerprint density at radius 2 is 2.41 bits per heavy atom. The highest BCUT2D eigenvalue weighted by molar-refractivity contribution is 6.29. The van der Waals surface area contributed by atoms with Crippen LogP contribution in [0.3, 0.4) is 0 Å². The van der Waals surface area contributed by atoms with E-state index < -0.39 is 4.92 Å². The van der Waals surface area contributed by atoms with E-state index in [4.69, 9.17) is 11.6 Å². The molecule has 1 aromatic heterocycles. The third-order valence-corrected chi connectivity index (χ3v) is 2.99. The first kappa shape index (κ1) is 11.9. The number of pyridine rings is 1. The van der Waals surface area contributed by atoms with Gasteiger partial charge >= 0.3 is 0 Å². The first-order chi connectivity index (χ1) is 8.16. The Hall–Kier alpha value is -1.62. The van der Waals surface area contributed by atoms with Gasteiger partial charge < -0.3 is 5.32 Å². The maximum Gasteiger partial charge on any atom is 0.253 e. The fourth-order valence-electron chi connectivity index (χ4n) is 2.01. The third kappa shape index (κ3) is 2.94. The van der Waals surface area contributed by atoms with Crippen LogP contribution in [0.4, 0.5) is 0 Å². The van der Waals surface area contributed by atoms with Gasteiger partial charge in [0.05, 0.1) is 10.6 Å². The Bertz CT molecular complexity index is 445. The number of hydrogen-bond donors (Lipinski definition) is 1. The van der Waals surface area contributed by atoms with Crippen LogP contribution in [0.25, 0.3) is 0 Å². The summed E-state index contributed by atoms with van der Waals surface area (Å²) in [5.41, 5.74) is 1.60. The zero-order valence-electron chi connectivity index (χ0n) is 9.10. The van der Waals surface area contributed by atoms with Crippen LogP contribution in [0.2, 0.25) is 5.15 Å². The normalized spacial score (nSPS) is 22.2. The van der Waals surface area contributed by atoms with Crippen molar-refractivity contribution in [3.8, 4) is 0 Å². The molecule has 1 saturated heterocycles. The van der Waals surface area contributed by atoms with E-state index in [1.165, 1.54) is 0 Å². The number of halogens is 1. The molecule has 0 spiro atoms. The third-order valence-electron chi connectivity index (χ3n) is 2.77. The Kier molecular flexibility index (Phi) is 3.58. The number of rotatable bonds is 2. The Morgan fingerprint density at radius 1 is 1.59 bits per heavy atom. The molecule has 1 unspecified atom stereocenters. The highest BCUT2D eigenvalue weighted by Gasteiger charge is 2.23. The summed E-state index contributed by atoms with van der Waals surface area (Å²) in [7, 11) is 0. The van der Waals surface area contributed by atoms with Crippen molar-refractivity contribution in [2.75, 3.05) is 6.54 Å². The lowest BCUT2D eigenvalue weighted by Crippen LogP contribution is -2.27. The van der Waals surface area contributed by atoms with E-state index in [0.717, 1.165) is 31.1 Å². The molecular formula is C11H12ClN3O2. The van der Waals surface area contributed by atoms with Crippen LogP contribution in [0, 0.1) is 10.1 Å². The van der Waals surface area contributed by atoms with Gasteiger partial charge in [0.15, 0.2) is 0 Å². The summed E-state index contributed by atoms with van der Waals surface area (Å²) in [6, 6.07) is 3.57. The molecule has 0 saturated carbocycles. The van der Waals surface area contributed by atoms with Crippen molar-refractivity contribution in [1.29, 1.82) is 0 Å². The fourth-order valence-corrected chi connectivity index (χ4v) is 2.12. The molecule has 90 valence electrons. The Balaban J connectivity index is 2.27. The van der Waals surface area contributed by atoms with E-state index in [9.17, 15) is 10.1 Å². The SMILES string of the molecule is O=[N+]([O-])C=C1NCCCC1c1ccc(Cl)nc1. The molecule has 1 aliphatic heterocycles. The molecule has 0 aromatic carbocycles. The van der Waals surface area contributed by atoms with Crippen LogP contribution in [-0.2, 0) is 0 Å². The van der Waals surface area contributed by atoms with Gasteiger partial charge in [0, 0.05) is 18.7 Å². The van der Waals surface area contributed by atoms with Crippen LogP contribution in [-0.4, -0.2) is 16.5 Å². The van der Waals surface area contributed by atoms with E-state index >= 15 is 0 Å². The highest BCUT2D eigenvalue weighted by Crippen LogP contribution is 2.30. The molecule has 2 rings (SSSR count). The molecule has 5 nitrogen and oxygen atoms in total. The minimum absolute atomic E-state index is 0.0129. The molecule has 2 heterocycles. The lowest BCUT2D eigenvalue weighted by Gasteiger charge is -2.25. The summed E-state index contributed by atoms with van der Waals surface area (Å²) in [6.45, 7) is 0.775. The van der Waals surface area contributed by atoms with Crippen molar-refractivity contribution in [3.63, 3.8) is 0 Å². The minimum atomic E-state index is -0.427. The summed E-state index contributed by atoms with van der Waals surface area (Å²) >= 11 is 5.72. The van der Waals surface area contributed by atoms with Gasteiger partial charge in [0.1, 0.15) is 5.15 Å². The number of nitro groups is 1. The van der Waals surface area contributed by atoms with E-state index in [-0.39, 0.29) is 5.92 Å². The topological polar surface area (TPSA) is 68.1 Å². The summed E-state index contributed by atoms with van der Waals surface area (Å²) < 4.78 is 0. The molecule has 6 heteroatoms. The largest absolute Gasteiger partial charge is 0.383 e. The van der Waals surface area contributed by atoms with Gasteiger partial charge in [0.25, 0.3) is 6.20 Å². The maximum atomic E-state index is 10.6. The summed E-state index contributed by atoms with van der Waals surface area (Å²) in [5.74, 6) is 0.0129. The van der Waals surface area contributed by atoms with Crippen molar-refractivity contribution in [2.45, 2.75) is 18.8 Å².